The quantitative estimate of drug-likeness (QED) is 0.721. The zero-order valence-electron chi connectivity index (χ0n) is 10.1. The van der Waals surface area contributed by atoms with Crippen LogP contribution in [0.1, 0.15) is 11.1 Å². The van der Waals surface area contributed by atoms with E-state index in [-0.39, 0.29) is 6.61 Å². The number of H-pyrrole nitrogens is 1. The minimum Gasteiger partial charge on any atom is -0.392 e. The summed E-state index contributed by atoms with van der Waals surface area (Å²) in [7, 11) is 0. The number of aliphatic hydroxyl groups is 1. The maximum absolute atomic E-state index is 9.05. The summed E-state index contributed by atoms with van der Waals surface area (Å²) < 4.78 is 0. The molecule has 3 heteroatoms. The minimum atomic E-state index is 0.0701. The Labute approximate surface area is 105 Å². The smallest absolute Gasteiger partial charge is 0.0999 e. The summed E-state index contributed by atoms with van der Waals surface area (Å²) in [6.45, 7) is 2.14. The molecule has 0 bridgehead atoms. The van der Waals surface area contributed by atoms with Gasteiger partial charge in [0.25, 0.3) is 0 Å². The van der Waals surface area contributed by atoms with Crippen LogP contribution in [0.3, 0.4) is 0 Å². The van der Waals surface area contributed by atoms with Gasteiger partial charge in [0.1, 0.15) is 0 Å². The molecule has 2 aromatic carbocycles. The molecule has 0 amide bonds. The Bertz CT molecular complexity index is 683. The number of rotatable bonds is 2. The molecule has 2 N–H and O–H groups in total. The van der Waals surface area contributed by atoms with E-state index in [0.717, 1.165) is 27.7 Å². The normalized spacial score (nSPS) is 11.0. The standard InChI is InChI=1S/C15H14N2O/c1-10-2-7-14-13(8-10)15(17-16-14)12-5-3-11(9-18)4-6-12/h2-8,18H,9H2,1H3,(H,16,17). The molecule has 3 nitrogen and oxygen atoms in total. The van der Waals surface area contributed by atoms with Gasteiger partial charge in [0.05, 0.1) is 17.8 Å². The minimum absolute atomic E-state index is 0.0701. The fourth-order valence-electron chi connectivity index (χ4n) is 2.12. The molecule has 1 heterocycles. The number of benzene rings is 2. The van der Waals surface area contributed by atoms with Gasteiger partial charge in [-0.1, -0.05) is 35.9 Å². The van der Waals surface area contributed by atoms with E-state index in [1.54, 1.807) is 0 Å². The Morgan fingerprint density at radius 3 is 2.61 bits per heavy atom. The number of hydrogen-bond donors (Lipinski definition) is 2. The van der Waals surface area contributed by atoms with Gasteiger partial charge in [-0.05, 0) is 24.6 Å². The Balaban J connectivity index is 2.15. The summed E-state index contributed by atoms with van der Waals surface area (Å²) in [5.74, 6) is 0. The van der Waals surface area contributed by atoms with Crippen molar-refractivity contribution in [2.24, 2.45) is 0 Å². The van der Waals surface area contributed by atoms with Crippen molar-refractivity contribution < 1.29 is 5.11 Å². The van der Waals surface area contributed by atoms with E-state index < -0.39 is 0 Å². The van der Waals surface area contributed by atoms with Gasteiger partial charge in [0.2, 0.25) is 0 Å². The molecule has 3 aromatic rings. The number of hydrogen-bond acceptors (Lipinski definition) is 2. The van der Waals surface area contributed by atoms with E-state index in [4.69, 9.17) is 5.11 Å². The van der Waals surface area contributed by atoms with Crippen LogP contribution in [-0.2, 0) is 6.61 Å². The fraction of sp³-hybridized carbons (Fsp3) is 0.133. The van der Waals surface area contributed by atoms with Crippen LogP contribution in [0.15, 0.2) is 42.5 Å². The number of aryl methyl sites for hydroxylation is 1. The highest BCUT2D eigenvalue weighted by atomic mass is 16.3. The van der Waals surface area contributed by atoms with Crippen molar-refractivity contribution in [3.8, 4) is 11.3 Å². The average Bonchev–Trinajstić information content (AvgIpc) is 2.82. The largest absolute Gasteiger partial charge is 0.392 e. The molecule has 18 heavy (non-hydrogen) atoms. The van der Waals surface area contributed by atoms with Crippen LogP contribution in [0.25, 0.3) is 22.2 Å². The third kappa shape index (κ3) is 1.79. The second kappa shape index (κ2) is 4.27. The Hall–Kier alpha value is -2.13. The van der Waals surface area contributed by atoms with Crippen molar-refractivity contribution in [2.45, 2.75) is 13.5 Å². The number of aromatic amines is 1. The topological polar surface area (TPSA) is 48.9 Å². The van der Waals surface area contributed by atoms with Crippen molar-refractivity contribution in [3.05, 3.63) is 53.6 Å². The lowest BCUT2D eigenvalue weighted by atomic mass is 10.0. The van der Waals surface area contributed by atoms with E-state index >= 15 is 0 Å². The van der Waals surface area contributed by atoms with Gasteiger partial charge >= 0.3 is 0 Å². The molecule has 3 rings (SSSR count). The molecule has 0 fully saturated rings. The number of fused-ring (bicyclic) bond motifs is 1. The van der Waals surface area contributed by atoms with Crippen LogP contribution >= 0.6 is 0 Å². The van der Waals surface area contributed by atoms with E-state index in [9.17, 15) is 0 Å². The monoisotopic (exact) mass is 238 g/mol. The first kappa shape index (κ1) is 11.0. The van der Waals surface area contributed by atoms with Crippen molar-refractivity contribution in [3.63, 3.8) is 0 Å². The van der Waals surface area contributed by atoms with Crippen molar-refractivity contribution in [2.75, 3.05) is 0 Å². The summed E-state index contributed by atoms with van der Waals surface area (Å²) in [6, 6.07) is 14.1. The van der Waals surface area contributed by atoms with Gasteiger partial charge < -0.3 is 5.11 Å². The molecule has 0 aliphatic heterocycles. The third-order valence-corrected chi connectivity index (χ3v) is 3.13. The lowest BCUT2D eigenvalue weighted by Gasteiger charge is -2.00. The second-order valence-corrected chi connectivity index (χ2v) is 4.48. The molecular weight excluding hydrogens is 224 g/mol. The predicted octanol–water partition coefficient (Wildman–Crippen LogP) is 3.03. The van der Waals surface area contributed by atoms with Crippen LogP contribution < -0.4 is 0 Å². The van der Waals surface area contributed by atoms with Crippen LogP contribution in [0.5, 0.6) is 0 Å². The van der Waals surface area contributed by atoms with Crippen LogP contribution in [-0.4, -0.2) is 15.3 Å². The van der Waals surface area contributed by atoms with Gasteiger partial charge in [-0.25, -0.2) is 0 Å². The molecule has 0 unspecified atom stereocenters. The number of nitrogens with one attached hydrogen (secondary N) is 1. The Kier molecular flexibility index (Phi) is 2.61. The van der Waals surface area contributed by atoms with E-state index in [1.165, 1.54) is 5.56 Å². The summed E-state index contributed by atoms with van der Waals surface area (Å²) >= 11 is 0. The molecule has 0 aliphatic carbocycles. The number of nitrogens with zero attached hydrogens (tertiary/aromatic N) is 1. The Morgan fingerprint density at radius 2 is 1.89 bits per heavy atom. The Morgan fingerprint density at radius 1 is 1.11 bits per heavy atom. The maximum Gasteiger partial charge on any atom is 0.0999 e. The summed E-state index contributed by atoms with van der Waals surface area (Å²) in [6.07, 6.45) is 0. The fourth-order valence-corrected chi connectivity index (χ4v) is 2.12. The lowest BCUT2D eigenvalue weighted by molar-refractivity contribution is 0.282. The number of aromatic nitrogens is 2. The zero-order valence-corrected chi connectivity index (χ0v) is 10.1. The first-order valence-corrected chi connectivity index (χ1v) is 5.93. The van der Waals surface area contributed by atoms with Crippen molar-refractivity contribution in [1.29, 1.82) is 0 Å². The van der Waals surface area contributed by atoms with Gasteiger partial charge in [0.15, 0.2) is 0 Å². The molecule has 1 aromatic heterocycles. The molecular formula is C15H14N2O. The van der Waals surface area contributed by atoms with Crippen LogP contribution in [0.2, 0.25) is 0 Å². The van der Waals surface area contributed by atoms with E-state index in [0.29, 0.717) is 0 Å². The predicted molar refractivity (Wildman–Crippen MR) is 72.2 cm³/mol. The molecule has 0 saturated heterocycles. The van der Waals surface area contributed by atoms with Gasteiger partial charge in [-0.15, -0.1) is 0 Å². The van der Waals surface area contributed by atoms with Crippen molar-refractivity contribution >= 4 is 10.9 Å². The zero-order chi connectivity index (χ0) is 12.5. The van der Waals surface area contributed by atoms with E-state index in [2.05, 4.69) is 29.3 Å². The molecule has 0 atom stereocenters. The summed E-state index contributed by atoms with van der Waals surface area (Å²) in [4.78, 5) is 0. The van der Waals surface area contributed by atoms with E-state index in [1.807, 2.05) is 30.3 Å². The van der Waals surface area contributed by atoms with Crippen LogP contribution in [0, 0.1) is 6.92 Å². The molecule has 0 radical (unpaired) electrons. The third-order valence-electron chi connectivity index (χ3n) is 3.13. The van der Waals surface area contributed by atoms with Crippen molar-refractivity contribution in [1.82, 2.24) is 10.2 Å². The molecule has 90 valence electrons. The van der Waals surface area contributed by atoms with Gasteiger partial charge in [-0.2, -0.15) is 5.10 Å². The number of aliphatic hydroxyl groups excluding tert-OH is 1. The molecule has 0 spiro atoms. The van der Waals surface area contributed by atoms with Gasteiger partial charge in [0, 0.05) is 10.9 Å². The highest BCUT2D eigenvalue weighted by Gasteiger charge is 2.07. The second-order valence-electron chi connectivity index (χ2n) is 4.48. The average molecular weight is 238 g/mol. The summed E-state index contributed by atoms with van der Waals surface area (Å²) in [5.41, 5.74) is 5.19. The first-order valence-electron chi connectivity index (χ1n) is 5.93. The highest BCUT2D eigenvalue weighted by Crippen LogP contribution is 2.27. The maximum atomic E-state index is 9.05. The molecule has 0 saturated carbocycles. The van der Waals surface area contributed by atoms with Gasteiger partial charge in [-0.3, -0.25) is 5.10 Å². The molecule has 0 aliphatic rings. The first-order chi connectivity index (χ1) is 8.78. The highest BCUT2D eigenvalue weighted by molar-refractivity contribution is 5.93. The SMILES string of the molecule is Cc1ccc2[nH]nc(-c3ccc(CO)cc3)c2c1. The van der Waals surface area contributed by atoms with Crippen LogP contribution in [0.4, 0.5) is 0 Å². The lowest BCUT2D eigenvalue weighted by Crippen LogP contribution is -1.84. The summed E-state index contributed by atoms with van der Waals surface area (Å²) in [5, 5.41) is 17.6.